The highest BCUT2D eigenvalue weighted by molar-refractivity contribution is 7.15. The Morgan fingerprint density at radius 1 is 1.26 bits per heavy atom. The summed E-state index contributed by atoms with van der Waals surface area (Å²) < 4.78 is 15.4. The minimum absolute atomic E-state index is 0. The number of fused-ring (bicyclic) bond motifs is 2. The summed E-state index contributed by atoms with van der Waals surface area (Å²) in [6.07, 6.45) is 3.45. The van der Waals surface area contributed by atoms with E-state index in [0.29, 0.717) is 51.7 Å². The van der Waals surface area contributed by atoms with E-state index < -0.39 is 5.82 Å². The van der Waals surface area contributed by atoms with Crippen molar-refractivity contribution in [1.29, 1.82) is 0 Å². The van der Waals surface area contributed by atoms with Gasteiger partial charge in [0.25, 0.3) is 5.56 Å². The number of hydrogen-bond donors (Lipinski definition) is 2. The van der Waals surface area contributed by atoms with Crippen LogP contribution in [-0.2, 0) is 6.42 Å². The Kier molecular flexibility index (Phi) is 5.66. The number of nitrogens with zero attached hydrogens (tertiary/aromatic N) is 5. The van der Waals surface area contributed by atoms with Gasteiger partial charge < -0.3 is 10.3 Å². The van der Waals surface area contributed by atoms with Gasteiger partial charge in [-0.1, -0.05) is 12.1 Å². The lowest BCUT2D eigenvalue weighted by atomic mass is 10.0. The number of H-pyrrole nitrogens is 1. The molecule has 0 atom stereocenters. The number of halogens is 2. The van der Waals surface area contributed by atoms with Gasteiger partial charge >= 0.3 is 0 Å². The van der Waals surface area contributed by atoms with Gasteiger partial charge in [0.1, 0.15) is 17.7 Å². The molecule has 0 aliphatic rings. The number of aromatic amines is 1. The summed E-state index contributed by atoms with van der Waals surface area (Å²) in [5.74, 6) is 0.223. The maximum absolute atomic E-state index is 13.9. The fraction of sp³-hybridized carbons (Fsp3) is 0.150. The van der Waals surface area contributed by atoms with Gasteiger partial charge in [0.05, 0.1) is 17.6 Å². The molecular weight excluding hydrogens is 441 g/mol. The molecule has 0 aliphatic carbocycles. The Labute approximate surface area is 185 Å². The first-order chi connectivity index (χ1) is 14.6. The van der Waals surface area contributed by atoms with Gasteiger partial charge in [0, 0.05) is 24.0 Å². The summed E-state index contributed by atoms with van der Waals surface area (Å²) >= 11 is 1.41. The normalized spacial score (nSPS) is 11.0. The number of anilines is 1. The van der Waals surface area contributed by atoms with Crippen molar-refractivity contribution >= 4 is 45.7 Å². The Morgan fingerprint density at radius 2 is 2.13 bits per heavy atom. The summed E-state index contributed by atoms with van der Waals surface area (Å²) in [4.78, 5) is 34.1. The van der Waals surface area contributed by atoms with Crippen molar-refractivity contribution in [2.45, 2.75) is 13.3 Å². The third-order valence-electron chi connectivity index (χ3n) is 4.81. The number of imidazole rings is 1. The van der Waals surface area contributed by atoms with E-state index in [2.05, 4.69) is 25.3 Å². The second kappa shape index (κ2) is 8.40. The number of rotatable bonds is 5. The highest BCUT2D eigenvalue weighted by atomic mass is 35.5. The van der Waals surface area contributed by atoms with E-state index in [1.54, 1.807) is 22.9 Å². The zero-order chi connectivity index (χ0) is 20.7. The summed E-state index contributed by atoms with van der Waals surface area (Å²) in [5, 5.41) is 5.13. The molecule has 0 saturated carbocycles. The lowest BCUT2D eigenvalue weighted by Gasteiger charge is -2.11. The molecule has 0 fully saturated rings. The van der Waals surface area contributed by atoms with Crippen LogP contribution in [0.5, 0.6) is 0 Å². The molecule has 0 radical (unpaired) electrons. The van der Waals surface area contributed by atoms with Crippen LogP contribution in [0.25, 0.3) is 27.3 Å². The summed E-state index contributed by atoms with van der Waals surface area (Å²) in [6.45, 7) is 2.33. The van der Waals surface area contributed by atoms with Crippen molar-refractivity contribution in [2.24, 2.45) is 0 Å². The molecule has 0 bridgehead atoms. The van der Waals surface area contributed by atoms with Crippen LogP contribution in [0.2, 0.25) is 0 Å². The van der Waals surface area contributed by atoms with Crippen molar-refractivity contribution in [3.8, 4) is 11.1 Å². The molecular formula is C20H17ClFN7OS. The molecule has 11 heteroatoms. The summed E-state index contributed by atoms with van der Waals surface area (Å²) in [6, 6.07) is 6.04. The molecule has 0 aliphatic heterocycles. The Balaban J connectivity index is 0.00000231. The lowest BCUT2D eigenvalue weighted by molar-refractivity contribution is 0.628. The zero-order valence-corrected chi connectivity index (χ0v) is 17.9. The monoisotopic (exact) mass is 457 g/mol. The highest BCUT2D eigenvalue weighted by Gasteiger charge is 2.17. The fourth-order valence-corrected chi connectivity index (χ4v) is 4.31. The van der Waals surface area contributed by atoms with Gasteiger partial charge in [-0.15, -0.1) is 23.7 Å². The Morgan fingerprint density at radius 3 is 2.97 bits per heavy atom. The number of aromatic nitrogens is 6. The average Bonchev–Trinajstić information content (AvgIpc) is 3.35. The average molecular weight is 458 g/mol. The molecule has 31 heavy (non-hydrogen) atoms. The quantitative estimate of drug-likeness (QED) is 0.418. The second-order valence-electron chi connectivity index (χ2n) is 6.74. The first-order valence-corrected chi connectivity index (χ1v) is 10.1. The van der Waals surface area contributed by atoms with Gasteiger partial charge in [-0.3, -0.25) is 9.20 Å². The van der Waals surface area contributed by atoms with Crippen LogP contribution in [0.15, 0.2) is 47.1 Å². The molecule has 4 aromatic heterocycles. The SMILES string of the molecule is Cc1csc2nc(CCNc3ncnc4nc[nH]c34)c(-c3cccc(F)c3)c(=O)n12.Cl. The predicted molar refractivity (Wildman–Crippen MR) is 121 cm³/mol. The molecule has 5 aromatic rings. The van der Waals surface area contributed by atoms with Crippen molar-refractivity contribution in [1.82, 2.24) is 29.3 Å². The first-order valence-electron chi connectivity index (χ1n) is 9.25. The number of hydrogen-bond acceptors (Lipinski definition) is 7. The van der Waals surface area contributed by atoms with Crippen molar-refractivity contribution < 1.29 is 4.39 Å². The van der Waals surface area contributed by atoms with Gasteiger partial charge in [-0.25, -0.2) is 24.3 Å². The number of aryl methyl sites for hydroxylation is 1. The Hall–Kier alpha value is -3.37. The van der Waals surface area contributed by atoms with E-state index in [1.807, 2.05) is 12.3 Å². The van der Waals surface area contributed by atoms with Crippen molar-refractivity contribution in [2.75, 3.05) is 11.9 Å². The number of nitrogens with one attached hydrogen (secondary N) is 2. The Bertz CT molecular complexity index is 1440. The molecule has 5 rings (SSSR count). The third-order valence-corrected chi connectivity index (χ3v) is 5.75. The van der Waals surface area contributed by atoms with Crippen LogP contribution in [0.1, 0.15) is 11.4 Å². The topological polar surface area (TPSA) is 101 Å². The van der Waals surface area contributed by atoms with Crippen LogP contribution in [0, 0.1) is 12.7 Å². The fourth-order valence-electron chi connectivity index (χ4n) is 3.44. The van der Waals surface area contributed by atoms with Gasteiger partial charge in [-0.05, 0) is 24.6 Å². The second-order valence-corrected chi connectivity index (χ2v) is 7.58. The first kappa shape index (κ1) is 20.9. The van der Waals surface area contributed by atoms with Crippen LogP contribution >= 0.6 is 23.7 Å². The van der Waals surface area contributed by atoms with E-state index in [9.17, 15) is 9.18 Å². The molecule has 158 valence electrons. The van der Waals surface area contributed by atoms with Crippen LogP contribution in [-0.4, -0.2) is 35.9 Å². The third kappa shape index (κ3) is 3.75. The van der Waals surface area contributed by atoms with Crippen LogP contribution < -0.4 is 10.9 Å². The smallest absolute Gasteiger partial charge is 0.266 e. The molecule has 0 amide bonds. The number of thiazole rings is 1. The number of benzene rings is 1. The lowest BCUT2D eigenvalue weighted by Crippen LogP contribution is -2.21. The van der Waals surface area contributed by atoms with E-state index in [4.69, 9.17) is 4.98 Å². The van der Waals surface area contributed by atoms with Crippen molar-refractivity contribution in [3.05, 3.63) is 69.9 Å². The van der Waals surface area contributed by atoms with E-state index >= 15 is 0 Å². The molecule has 4 heterocycles. The maximum atomic E-state index is 13.9. The molecule has 2 N–H and O–H groups in total. The van der Waals surface area contributed by atoms with E-state index in [1.165, 1.54) is 29.8 Å². The van der Waals surface area contributed by atoms with E-state index in [-0.39, 0.29) is 18.0 Å². The van der Waals surface area contributed by atoms with Gasteiger partial charge in [0.15, 0.2) is 16.4 Å². The molecule has 1 aromatic carbocycles. The van der Waals surface area contributed by atoms with Crippen molar-refractivity contribution in [3.63, 3.8) is 0 Å². The maximum Gasteiger partial charge on any atom is 0.266 e. The van der Waals surface area contributed by atoms with Gasteiger partial charge in [0.2, 0.25) is 0 Å². The molecule has 0 spiro atoms. The summed E-state index contributed by atoms with van der Waals surface area (Å²) in [5.41, 5.74) is 3.41. The zero-order valence-electron chi connectivity index (χ0n) is 16.3. The van der Waals surface area contributed by atoms with E-state index in [0.717, 1.165) is 5.69 Å². The largest absolute Gasteiger partial charge is 0.368 e. The van der Waals surface area contributed by atoms with Gasteiger partial charge in [-0.2, -0.15) is 0 Å². The van der Waals surface area contributed by atoms with Crippen LogP contribution in [0.4, 0.5) is 10.2 Å². The minimum Gasteiger partial charge on any atom is -0.368 e. The predicted octanol–water partition coefficient (Wildman–Crippen LogP) is 3.61. The van der Waals surface area contributed by atoms with Crippen LogP contribution in [0.3, 0.4) is 0 Å². The standard InChI is InChI=1S/C20H16FN7OS.ClH/c1-11-8-30-20-27-14(5-6-22-17-16-18(24-9-23-16)26-10-25-17)15(19(29)28(11)20)12-3-2-4-13(21)7-12;/h2-4,7-10H,5-6H2,1H3,(H2,22,23,24,25,26);1H. The summed E-state index contributed by atoms with van der Waals surface area (Å²) in [7, 11) is 0. The highest BCUT2D eigenvalue weighted by Crippen LogP contribution is 2.23. The minimum atomic E-state index is -0.397. The molecule has 8 nitrogen and oxygen atoms in total. The molecule has 0 unspecified atom stereocenters. The molecule has 0 saturated heterocycles.